The highest BCUT2D eigenvalue weighted by atomic mass is 32.1. The molecule has 5 aromatic rings. The standard InChI is InChI=1S/C22H18S2/c1-3-15-11-19-17-9-14-6-8-22-20(12-16(4-2)24-22)18(14)10-13(17)5-7-21(19)23-15/h5-12H,3-4H2,1-2H3. The maximum Gasteiger partial charge on any atom is 0.0352 e. The molecule has 0 saturated heterocycles. The molecule has 2 aromatic heterocycles. The number of hydrogen-bond acceptors (Lipinski definition) is 2. The summed E-state index contributed by atoms with van der Waals surface area (Å²) in [5.41, 5.74) is 0. The molecule has 0 aliphatic rings. The van der Waals surface area contributed by atoms with E-state index in [2.05, 4.69) is 62.4 Å². The fraction of sp³-hybridized carbons (Fsp3) is 0.182. The maximum atomic E-state index is 2.39. The second-order valence-electron chi connectivity index (χ2n) is 6.38. The van der Waals surface area contributed by atoms with Gasteiger partial charge in [0, 0.05) is 29.9 Å². The van der Waals surface area contributed by atoms with Gasteiger partial charge in [-0.1, -0.05) is 26.0 Å². The van der Waals surface area contributed by atoms with E-state index in [-0.39, 0.29) is 0 Å². The molecule has 0 aliphatic heterocycles. The molecule has 0 spiro atoms. The number of hydrogen-bond donors (Lipinski definition) is 0. The van der Waals surface area contributed by atoms with Crippen molar-refractivity contribution in [2.75, 3.05) is 0 Å². The first kappa shape index (κ1) is 14.4. The fourth-order valence-electron chi connectivity index (χ4n) is 3.64. The topological polar surface area (TPSA) is 0 Å². The lowest BCUT2D eigenvalue weighted by atomic mass is 9.99. The van der Waals surface area contributed by atoms with E-state index in [0.717, 1.165) is 12.8 Å². The number of thiophene rings is 2. The predicted octanol–water partition coefficient (Wildman–Crippen LogP) is 7.55. The highest BCUT2D eigenvalue weighted by Gasteiger charge is 2.09. The minimum absolute atomic E-state index is 1.11. The van der Waals surface area contributed by atoms with E-state index in [4.69, 9.17) is 0 Å². The van der Waals surface area contributed by atoms with Gasteiger partial charge >= 0.3 is 0 Å². The molecular weight excluding hydrogens is 328 g/mol. The molecule has 3 aromatic carbocycles. The van der Waals surface area contributed by atoms with E-state index in [1.54, 1.807) is 0 Å². The Balaban J connectivity index is 1.90. The Hall–Kier alpha value is -1.90. The van der Waals surface area contributed by atoms with E-state index in [1.807, 2.05) is 22.7 Å². The third kappa shape index (κ3) is 2.03. The van der Waals surface area contributed by atoms with Gasteiger partial charge < -0.3 is 0 Å². The summed E-state index contributed by atoms with van der Waals surface area (Å²) in [5.74, 6) is 0. The average Bonchev–Trinajstić information content (AvgIpc) is 3.23. The minimum Gasteiger partial charge on any atom is -0.140 e. The molecule has 0 atom stereocenters. The maximum absolute atomic E-state index is 2.39. The van der Waals surface area contributed by atoms with Crippen molar-refractivity contribution in [3.63, 3.8) is 0 Å². The lowest BCUT2D eigenvalue weighted by Gasteiger charge is -2.05. The molecule has 118 valence electrons. The zero-order valence-corrected chi connectivity index (χ0v) is 15.5. The van der Waals surface area contributed by atoms with Crippen LogP contribution >= 0.6 is 22.7 Å². The van der Waals surface area contributed by atoms with Gasteiger partial charge in [0.05, 0.1) is 0 Å². The largest absolute Gasteiger partial charge is 0.140 e. The smallest absolute Gasteiger partial charge is 0.0352 e. The highest BCUT2D eigenvalue weighted by molar-refractivity contribution is 7.19. The van der Waals surface area contributed by atoms with Gasteiger partial charge in [0.1, 0.15) is 0 Å². The molecule has 0 unspecified atom stereocenters. The van der Waals surface area contributed by atoms with Crippen molar-refractivity contribution in [1.29, 1.82) is 0 Å². The Kier molecular flexibility index (Phi) is 3.19. The quantitative estimate of drug-likeness (QED) is 0.289. The third-order valence-corrected chi connectivity index (χ3v) is 7.44. The molecule has 0 nitrogen and oxygen atoms in total. The van der Waals surface area contributed by atoms with Crippen molar-refractivity contribution < 1.29 is 0 Å². The van der Waals surface area contributed by atoms with Crippen LogP contribution in [0.4, 0.5) is 0 Å². The predicted molar refractivity (Wildman–Crippen MR) is 111 cm³/mol. The SMILES string of the molecule is CCc1cc2c(ccc3cc4c(ccc5sc(CC)cc54)cc32)s1. The van der Waals surface area contributed by atoms with Gasteiger partial charge in [-0.05, 0) is 70.8 Å². The van der Waals surface area contributed by atoms with Crippen LogP contribution in [0.2, 0.25) is 0 Å². The van der Waals surface area contributed by atoms with Gasteiger partial charge in [0.25, 0.3) is 0 Å². The van der Waals surface area contributed by atoms with Crippen LogP contribution in [0.1, 0.15) is 23.6 Å². The Bertz CT molecular complexity index is 1120. The lowest BCUT2D eigenvalue weighted by Crippen LogP contribution is -1.78. The van der Waals surface area contributed by atoms with E-state index >= 15 is 0 Å². The van der Waals surface area contributed by atoms with Crippen LogP contribution in [0.3, 0.4) is 0 Å². The third-order valence-electron chi connectivity index (χ3n) is 4.95. The normalized spacial score (nSPS) is 12.1. The number of fused-ring (bicyclic) bond motifs is 6. The molecule has 0 aliphatic carbocycles. The second kappa shape index (κ2) is 5.30. The monoisotopic (exact) mass is 346 g/mol. The molecule has 2 heterocycles. The molecule has 0 N–H and O–H groups in total. The molecule has 0 bridgehead atoms. The summed E-state index contributed by atoms with van der Waals surface area (Å²) in [5, 5.41) is 8.31. The van der Waals surface area contributed by atoms with Gasteiger partial charge in [0.15, 0.2) is 0 Å². The van der Waals surface area contributed by atoms with Gasteiger partial charge in [-0.25, -0.2) is 0 Å². The first-order valence-corrected chi connectivity index (χ1v) is 10.2. The van der Waals surface area contributed by atoms with E-state index in [9.17, 15) is 0 Å². The second-order valence-corrected chi connectivity index (χ2v) is 8.72. The average molecular weight is 347 g/mol. The zero-order chi connectivity index (χ0) is 16.3. The summed E-state index contributed by atoms with van der Waals surface area (Å²) in [6.07, 6.45) is 2.23. The van der Waals surface area contributed by atoms with Crippen LogP contribution in [0.15, 0.2) is 48.5 Å². The van der Waals surface area contributed by atoms with Gasteiger partial charge in [-0.15, -0.1) is 22.7 Å². The molecule has 2 heteroatoms. The van der Waals surface area contributed by atoms with Crippen LogP contribution < -0.4 is 0 Å². The summed E-state index contributed by atoms with van der Waals surface area (Å²) in [7, 11) is 0. The molecule has 0 fully saturated rings. The lowest BCUT2D eigenvalue weighted by molar-refractivity contribution is 1.19. The van der Waals surface area contributed by atoms with Crippen LogP contribution in [0.25, 0.3) is 41.7 Å². The summed E-state index contributed by atoms with van der Waals surface area (Å²) in [6, 6.07) is 18.7. The molecular formula is C22H18S2. The van der Waals surface area contributed by atoms with Crippen LogP contribution in [-0.2, 0) is 12.8 Å². The first-order valence-electron chi connectivity index (χ1n) is 8.57. The molecule has 0 radical (unpaired) electrons. The number of benzene rings is 3. The van der Waals surface area contributed by atoms with Crippen molar-refractivity contribution in [2.24, 2.45) is 0 Å². The Labute approximate surface area is 149 Å². The van der Waals surface area contributed by atoms with E-state index in [1.165, 1.54) is 51.5 Å². The highest BCUT2D eigenvalue weighted by Crippen LogP contribution is 2.38. The van der Waals surface area contributed by atoms with Crippen LogP contribution in [0.5, 0.6) is 0 Å². The van der Waals surface area contributed by atoms with E-state index < -0.39 is 0 Å². The summed E-state index contributed by atoms with van der Waals surface area (Å²) >= 11 is 3.86. The van der Waals surface area contributed by atoms with Crippen molar-refractivity contribution in [1.82, 2.24) is 0 Å². The van der Waals surface area contributed by atoms with Gasteiger partial charge in [-0.3, -0.25) is 0 Å². The molecule has 5 rings (SSSR count). The number of aryl methyl sites for hydroxylation is 2. The van der Waals surface area contributed by atoms with Crippen molar-refractivity contribution in [3.8, 4) is 0 Å². The van der Waals surface area contributed by atoms with Gasteiger partial charge in [0.2, 0.25) is 0 Å². The molecule has 0 saturated carbocycles. The zero-order valence-electron chi connectivity index (χ0n) is 13.8. The Morgan fingerprint density at radius 1 is 0.583 bits per heavy atom. The summed E-state index contributed by atoms with van der Waals surface area (Å²) in [6.45, 7) is 4.47. The van der Waals surface area contributed by atoms with Crippen LogP contribution in [0, 0.1) is 0 Å². The minimum atomic E-state index is 1.11. The first-order chi connectivity index (χ1) is 11.8. The number of rotatable bonds is 2. The summed E-state index contributed by atoms with van der Waals surface area (Å²) < 4.78 is 2.81. The summed E-state index contributed by atoms with van der Waals surface area (Å²) in [4.78, 5) is 2.94. The van der Waals surface area contributed by atoms with E-state index in [0.29, 0.717) is 0 Å². The Morgan fingerprint density at radius 3 is 1.46 bits per heavy atom. The Morgan fingerprint density at radius 2 is 1.04 bits per heavy atom. The molecule has 24 heavy (non-hydrogen) atoms. The van der Waals surface area contributed by atoms with Crippen molar-refractivity contribution in [3.05, 3.63) is 58.3 Å². The van der Waals surface area contributed by atoms with Crippen molar-refractivity contribution in [2.45, 2.75) is 26.7 Å². The van der Waals surface area contributed by atoms with Crippen LogP contribution in [-0.4, -0.2) is 0 Å². The van der Waals surface area contributed by atoms with Crippen molar-refractivity contribution >= 4 is 64.4 Å². The fourth-order valence-corrected chi connectivity index (χ4v) is 5.68. The van der Waals surface area contributed by atoms with Gasteiger partial charge in [-0.2, -0.15) is 0 Å². The molecule has 0 amide bonds.